The molecule has 0 nitrogen and oxygen atoms in total. The van der Waals surface area contributed by atoms with E-state index in [0.29, 0.717) is 0 Å². The van der Waals surface area contributed by atoms with Crippen LogP contribution in [-0.4, -0.2) is 0 Å². The van der Waals surface area contributed by atoms with Crippen LogP contribution in [0.15, 0.2) is 0 Å². The molecule has 0 aromatic rings. The van der Waals surface area contributed by atoms with Gasteiger partial charge in [-0.1, -0.05) is 0 Å². The van der Waals surface area contributed by atoms with E-state index in [1.807, 2.05) is 0 Å². The van der Waals surface area contributed by atoms with Crippen LogP contribution in [0.3, 0.4) is 0 Å². The molecule has 0 heterocycles. The summed E-state index contributed by atoms with van der Waals surface area (Å²) in [5, 5.41) is 0. The Morgan fingerprint density at radius 3 is 2.00 bits per heavy atom. The quantitative estimate of drug-likeness (QED) is 0.563. The fraction of sp³-hybridized carbons (Fsp3) is 1.00. The average Bonchev–Trinajstić information content (AvgIpc) is 1.67. The number of hydrogen-bond acceptors (Lipinski definition) is 0. The van der Waals surface area contributed by atoms with Crippen molar-refractivity contribution in [1.82, 2.24) is 0 Å². The van der Waals surface area contributed by atoms with Crippen LogP contribution in [0.25, 0.3) is 0 Å². The molecule has 0 N–H and O–H groups in total. The molecule has 0 saturated heterocycles. The summed E-state index contributed by atoms with van der Waals surface area (Å²) in [6.45, 7) is 6.92. The zero-order chi connectivity index (χ0) is 6.57. The van der Waals surface area contributed by atoms with E-state index >= 15 is 0 Å². The third-order valence-electron chi connectivity index (χ3n) is 1.60. The fourth-order valence-corrected chi connectivity index (χ4v) is 1.56. The van der Waals surface area contributed by atoms with Crippen LogP contribution < -0.4 is 0 Å². The second-order valence-corrected chi connectivity index (χ2v) is 4.99. The van der Waals surface area contributed by atoms with Gasteiger partial charge in [0, 0.05) is 0 Å². The molecule has 45 valence electrons. The van der Waals surface area contributed by atoms with Crippen LogP contribution in [0.2, 0.25) is 4.51 Å². The maximum absolute atomic E-state index is 2.32. The van der Waals surface area contributed by atoms with Crippen LogP contribution in [-0.2, 0) is 18.3 Å². The molecule has 0 bridgehead atoms. The van der Waals surface area contributed by atoms with Crippen molar-refractivity contribution in [3.05, 3.63) is 0 Å². The molecule has 0 aromatic heterocycles. The zero-order valence-electron chi connectivity index (χ0n) is 6.28. The topological polar surface area (TPSA) is 0 Å². The Balaban J connectivity index is 3.17. The summed E-state index contributed by atoms with van der Waals surface area (Å²) in [6.07, 6.45) is 2.81. The molecule has 0 radical (unpaired) electrons. The van der Waals surface area contributed by atoms with Crippen molar-refractivity contribution in [2.24, 2.45) is 5.92 Å². The van der Waals surface area contributed by atoms with Gasteiger partial charge in [-0.05, 0) is 0 Å². The van der Waals surface area contributed by atoms with E-state index in [1.165, 1.54) is 31.1 Å². The van der Waals surface area contributed by atoms with Gasteiger partial charge in [0.2, 0.25) is 0 Å². The summed E-state index contributed by atoms with van der Waals surface area (Å²) in [7, 11) is 0. The normalized spacial score (nSPS) is 14.8. The maximum atomic E-state index is 2.32. The van der Waals surface area contributed by atoms with E-state index in [4.69, 9.17) is 0 Å². The van der Waals surface area contributed by atoms with E-state index in [2.05, 4.69) is 20.8 Å². The molecule has 0 rings (SSSR count). The van der Waals surface area contributed by atoms with Crippen molar-refractivity contribution in [2.75, 3.05) is 0 Å². The first-order valence-corrected chi connectivity index (χ1v) is 5.22. The van der Waals surface area contributed by atoms with Crippen molar-refractivity contribution in [3.8, 4) is 0 Å². The van der Waals surface area contributed by atoms with Gasteiger partial charge >= 0.3 is 62.3 Å². The van der Waals surface area contributed by atoms with Crippen molar-refractivity contribution >= 4 is 0 Å². The van der Waals surface area contributed by atoms with Gasteiger partial charge < -0.3 is 0 Å². The molecule has 0 spiro atoms. The van der Waals surface area contributed by atoms with Gasteiger partial charge in [0.1, 0.15) is 0 Å². The summed E-state index contributed by atoms with van der Waals surface area (Å²) in [4.78, 5) is 0. The summed E-state index contributed by atoms with van der Waals surface area (Å²) in [6, 6.07) is 0. The van der Waals surface area contributed by atoms with E-state index < -0.39 is 0 Å². The van der Waals surface area contributed by atoms with Crippen LogP contribution in [0.1, 0.15) is 33.6 Å². The van der Waals surface area contributed by atoms with E-state index in [9.17, 15) is 0 Å². The fourth-order valence-electron chi connectivity index (χ4n) is 0.704. The van der Waals surface area contributed by atoms with Gasteiger partial charge in [-0.2, -0.15) is 0 Å². The Kier molecular flexibility index (Phi) is 4.85. The molecule has 0 saturated carbocycles. The van der Waals surface area contributed by atoms with Gasteiger partial charge in [-0.3, -0.25) is 0 Å². The van der Waals surface area contributed by atoms with Crippen molar-refractivity contribution in [3.63, 3.8) is 0 Å². The molecule has 1 atom stereocenters. The minimum atomic E-state index is 0.926. The third kappa shape index (κ3) is 3.60. The number of rotatable bonds is 3. The molecule has 8 heavy (non-hydrogen) atoms. The summed E-state index contributed by atoms with van der Waals surface area (Å²) < 4.78 is 1.04. The first-order valence-electron chi connectivity index (χ1n) is 3.51. The molecule has 1 unspecified atom stereocenters. The first kappa shape index (κ1) is 8.62. The summed E-state index contributed by atoms with van der Waals surface area (Å²) >= 11 is 1.48. The predicted molar refractivity (Wildman–Crippen MR) is 33.5 cm³/mol. The van der Waals surface area contributed by atoms with Crippen LogP contribution >= 0.6 is 0 Å². The van der Waals surface area contributed by atoms with E-state index in [-0.39, 0.29) is 0 Å². The third-order valence-corrected chi connectivity index (χ3v) is 4.44. The van der Waals surface area contributed by atoms with Gasteiger partial charge in [-0.15, -0.1) is 0 Å². The Labute approximate surface area is 62.7 Å². The molecule has 0 aromatic carbocycles. The van der Waals surface area contributed by atoms with Gasteiger partial charge in [-0.25, -0.2) is 0 Å². The molecular weight excluding hydrogens is 149 g/mol. The molecule has 0 fully saturated rings. The summed E-state index contributed by atoms with van der Waals surface area (Å²) in [5.74, 6) is 0.926. The van der Waals surface area contributed by atoms with Gasteiger partial charge in [0.25, 0.3) is 0 Å². The van der Waals surface area contributed by atoms with Gasteiger partial charge in [0.05, 0.1) is 0 Å². The molecule has 0 amide bonds. The van der Waals surface area contributed by atoms with Crippen molar-refractivity contribution < 1.29 is 18.3 Å². The Bertz CT molecular complexity index is 50.3. The molecule has 0 aliphatic carbocycles. The SMILES string of the molecule is CCC[CH]([Zn])C(C)C. The van der Waals surface area contributed by atoms with Crippen LogP contribution in [0.4, 0.5) is 0 Å². The van der Waals surface area contributed by atoms with Crippen LogP contribution in [0.5, 0.6) is 0 Å². The standard InChI is InChI=1S/C7H15.Zn/c1-4-5-6-7(2)3;/h6-7H,4-5H2,1-3H3;. The molecule has 0 aliphatic heterocycles. The molecular formula is C7H15Zn. The molecule has 0 aliphatic rings. The minimum absolute atomic E-state index is 0.926. The van der Waals surface area contributed by atoms with Crippen molar-refractivity contribution in [2.45, 2.75) is 38.1 Å². The van der Waals surface area contributed by atoms with Crippen molar-refractivity contribution in [1.29, 1.82) is 0 Å². The summed E-state index contributed by atoms with van der Waals surface area (Å²) in [5.41, 5.74) is 0. The average molecular weight is 165 g/mol. The zero-order valence-corrected chi connectivity index (χ0v) is 9.24. The second-order valence-electron chi connectivity index (χ2n) is 2.79. The monoisotopic (exact) mass is 163 g/mol. The first-order chi connectivity index (χ1) is 3.68. The Morgan fingerprint density at radius 1 is 1.38 bits per heavy atom. The number of hydrogen-bond donors (Lipinski definition) is 0. The Hall–Kier alpha value is 0.623. The van der Waals surface area contributed by atoms with Crippen LogP contribution in [0, 0.1) is 5.92 Å². The van der Waals surface area contributed by atoms with E-state index in [1.54, 1.807) is 0 Å². The van der Waals surface area contributed by atoms with Gasteiger partial charge in [0.15, 0.2) is 0 Å². The predicted octanol–water partition coefficient (Wildman–Crippen LogP) is 2.78. The Morgan fingerprint density at radius 2 is 1.88 bits per heavy atom. The van der Waals surface area contributed by atoms with E-state index in [0.717, 1.165) is 10.4 Å². The molecule has 1 heteroatoms. The second kappa shape index (κ2) is 4.50.